The van der Waals surface area contributed by atoms with Crippen LogP contribution in [0.5, 0.6) is 0 Å². The second-order valence-corrected chi connectivity index (χ2v) is 10.4. The average molecular weight is 445 g/mol. The number of hydrogen-bond donors (Lipinski definition) is 0. The van der Waals surface area contributed by atoms with Crippen LogP contribution in [-0.2, 0) is 0 Å². The maximum absolute atomic E-state index is 13.9. The first-order valence-electron chi connectivity index (χ1n) is 12.6. The van der Waals surface area contributed by atoms with E-state index >= 15 is 0 Å². The highest BCUT2D eigenvalue weighted by Crippen LogP contribution is 2.61. The summed E-state index contributed by atoms with van der Waals surface area (Å²) in [6, 6.07) is 29.1. The van der Waals surface area contributed by atoms with Gasteiger partial charge in [-0.05, 0) is 72.3 Å². The molecule has 1 saturated heterocycles. The SMILES string of the molecule is O=C(c1ccccc1[C@H]1C[C@H]2C[C@@H]1[C@H]1CN(c3ccccc3)C[C@@H]21)c1cccc2cccnc12. The molecule has 34 heavy (non-hydrogen) atoms. The second kappa shape index (κ2) is 7.80. The van der Waals surface area contributed by atoms with E-state index in [-0.39, 0.29) is 5.78 Å². The molecule has 2 bridgehead atoms. The molecule has 2 aliphatic carbocycles. The van der Waals surface area contributed by atoms with Crippen LogP contribution in [0.1, 0.15) is 40.2 Å². The summed E-state index contributed by atoms with van der Waals surface area (Å²) in [5, 5.41) is 1.01. The Morgan fingerprint density at radius 3 is 2.41 bits per heavy atom. The molecule has 2 heterocycles. The number of para-hydroxylation sites is 2. The third-order valence-electron chi connectivity index (χ3n) is 8.82. The Kier molecular flexibility index (Phi) is 4.58. The van der Waals surface area contributed by atoms with Crippen molar-refractivity contribution >= 4 is 22.4 Å². The molecule has 4 aromatic rings. The lowest BCUT2D eigenvalue weighted by Crippen LogP contribution is -2.27. The van der Waals surface area contributed by atoms with Crippen molar-refractivity contribution < 1.29 is 4.79 Å². The highest BCUT2D eigenvalue weighted by Gasteiger charge is 2.56. The van der Waals surface area contributed by atoms with E-state index in [1.807, 2.05) is 42.5 Å². The van der Waals surface area contributed by atoms with Gasteiger partial charge in [-0.1, -0.05) is 60.7 Å². The lowest BCUT2D eigenvalue weighted by Gasteiger charge is -2.32. The van der Waals surface area contributed by atoms with E-state index in [1.54, 1.807) is 6.20 Å². The molecule has 168 valence electrons. The van der Waals surface area contributed by atoms with Crippen molar-refractivity contribution in [2.24, 2.45) is 23.7 Å². The molecule has 0 unspecified atom stereocenters. The van der Waals surface area contributed by atoms with Crippen LogP contribution in [0, 0.1) is 23.7 Å². The number of benzene rings is 3. The van der Waals surface area contributed by atoms with E-state index in [9.17, 15) is 4.79 Å². The molecular weight excluding hydrogens is 416 g/mol. The minimum absolute atomic E-state index is 0.108. The number of pyridine rings is 1. The quantitative estimate of drug-likeness (QED) is 0.344. The van der Waals surface area contributed by atoms with Gasteiger partial charge in [0.2, 0.25) is 0 Å². The molecule has 0 spiro atoms. The van der Waals surface area contributed by atoms with Gasteiger partial charge < -0.3 is 4.90 Å². The van der Waals surface area contributed by atoms with E-state index in [1.165, 1.54) is 30.6 Å². The third-order valence-corrected chi connectivity index (χ3v) is 8.82. The number of hydrogen-bond acceptors (Lipinski definition) is 3. The first-order valence-corrected chi connectivity index (χ1v) is 12.6. The van der Waals surface area contributed by atoms with Gasteiger partial charge in [0, 0.05) is 41.5 Å². The van der Waals surface area contributed by atoms with E-state index in [0.29, 0.717) is 17.4 Å². The fraction of sp³-hybridized carbons (Fsp3) is 0.290. The maximum atomic E-state index is 13.9. The Labute approximate surface area is 200 Å². The number of aromatic nitrogens is 1. The first kappa shape index (κ1) is 20.0. The molecule has 1 aliphatic heterocycles. The van der Waals surface area contributed by atoms with Crippen molar-refractivity contribution in [1.82, 2.24) is 4.98 Å². The van der Waals surface area contributed by atoms with Gasteiger partial charge in [0.05, 0.1) is 5.52 Å². The van der Waals surface area contributed by atoms with Crippen molar-refractivity contribution in [2.45, 2.75) is 18.8 Å². The van der Waals surface area contributed by atoms with Gasteiger partial charge in [0.25, 0.3) is 0 Å². The monoisotopic (exact) mass is 444 g/mol. The van der Waals surface area contributed by atoms with Gasteiger partial charge in [0.1, 0.15) is 0 Å². The molecule has 1 aromatic heterocycles. The van der Waals surface area contributed by atoms with Gasteiger partial charge in [-0.3, -0.25) is 9.78 Å². The Morgan fingerprint density at radius 2 is 1.50 bits per heavy atom. The topological polar surface area (TPSA) is 33.2 Å². The molecule has 0 amide bonds. The van der Waals surface area contributed by atoms with Gasteiger partial charge in [0.15, 0.2) is 5.78 Å². The summed E-state index contributed by atoms with van der Waals surface area (Å²) >= 11 is 0. The van der Waals surface area contributed by atoms with Crippen LogP contribution in [0.3, 0.4) is 0 Å². The van der Waals surface area contributed by atoms with Crippen LogP contribution in [0.25, 0.3) is 10.9 Å². The Bertz CT molecular complexity index is 1380. The van der Waals surface area contributed by atoms with E-state index in [2.05, 4.69) is 52.3 Å². The zero-order chi connectivity index (χ0) is 22.6. The Balaban J connectivity index is 1.21. The standard InChI is InChI=1S/C31H28N2O/c34-31(25-14-6-8-20-9-7-15-32-30(20)25)24-13-5-4-12-23(24)26-16-21-17-27(26)29-19-33(18-28(21)29)22-10-2-1-3-11-22/h1-15,21,26-29H,16-19H2/t21-,26+,27-,28-,29+/m0/s1. The molecule has 3 heteroatoms. The average Bonchev–Trinajstić information content (AvgIpc) is 3.61. The number of rotatable bonds is 4. The van der Waals surface area contributed by atoms with Crippen LogP contribution >= 0.6 is 0 Å². The summed E-state index contributed by atoms with van der Waals surface area (Å²) in [6.45, 7) is 2.33. The number of ketones is 1. The summed E-state index contributed by atoms with van der Waals surface area (Å²) in [5.74, 6) is 3.55. The minimum Gasteiger partial charge on any atom is -0.371 e. The highest BCUT2D eigenvalue weighted by molar-refractivity contribution is 6.16. The van der Waals surface area contributed by atoms with E-state index < -0.39 is 0 Å². The highest BCUT2D eigenvalue weighted by atomic mass is 16.1. The van der Waals surface area contributed by atoms with Gasteiger partial charge in [-0.2, -0.15) is 0 Å². The largest absolute Gasteiger partial charge is 0.371 e. The van der Waals surface area contributed by atoms with Gasteiger partial charge >= 0.3 is 0 Å². The van der Waals surface area contributed by atoms with Crippen LogP contribution in [0.15, 0.2) is 91.1 Å². The number of anilines is 1. The van der Waals surface area contributed by atoms with Crippen LogP contribution in [0.2, 0.25) is 0 Å². The summed E-state index contributed by atoms with van der Waals surface area (Å²) in [7, 11) is 0. The number of carbonyl (C=O) groups is 1. The summed E-state index contributed by atoms with van der Waals surface area (Å²) < 4.78 is 0. The van der Waals surface area contributed by atoms with Crippen molar-refractivity contribution in [2.75, 3.05) is 18.0 Å². The van der Waals surface area contributed by atoms with E-state index in [0.717, 1.165) is 40.8 Å². The number of fused-ring (bicyclic) bond motifs is 6. The Hall–Kier alpha value is -3.46. The zero-order valence-electron chi connectivity index (χ0n) is 19.2. The molecule has 3 aromatic carbocycles. The summed E-state index contributed by atoms with van der Waals surface area (Å²) in [4.78, 5) is 21.0. The van der Waals surface area contributed by atoms with Crippen molar-refractivity contribution in [3.05, 3.63) is 108 Å². The van der Waals surface area contributed by atoms with Crippen molar-refractivity contribution in [3.63, 3.8) is 0 Å². The number of nitrogens with zero attached hydrogens (tertiary/aromatic N) is 2. The molecule has 3 aliphatic rings. The normalized spacial score (nSPS) is 27.3. The molecule has 7 rings (SSSR count). The summed E-state index contributed by atoms with van der Waals surface area (Å²) in [5.41, 5.74) is 4.99. The number of carbonyl (C=O) groups excluding carboxylic acids is 1. The molecule has 0 radical (unpaired) electrons. The van der Waals surface area contributed by atoms with Crippen LogP contribution in [0.4, 0.5) is 5.69 Å². The van der Waals surface area contributed by atoms with E-state index in [4.69, 9.17) is 0 Å². The molecule has 0 N–H and O–H groups in total. The molecular formula is C31H28N2O. The smallest absolute Gasteiger partial charge is 0.195 e. The molecule has 3 nitrogen and oxygen atoms in total. The van der Waals surface area contributed by atoms with Gasteiger partial charge in [-0.25, -0.2) is 0 Å². The maximum Gasteiger partial charge on any atom is 0.195 e. The minimum atomic E-state index is 0.108. The Morgan fingerprint density at radius 1 is 0.735 bits per heavy atom. The predicted octanol–water partition coefficient (Wildman–Crippen LogP) is 6.34. The first-order chi connectivity index (χ1) is 16.8. The fourth-order valence-corrected chi connectivity index (χ4v) is 7.41. The second-order valence-electron chi connectivity index (χ2n) is 10.4. The lowest BCUT2D eigenvalue weighted by atomic mass is 9.72. The van der Waals surface area contributed by atoms with Crippen LogP contribution in [-0.4, -0.2) is 23.9 Å². The van der Waals surface area contributed by atoms with Crippen LogP contribution < -0.4 is 4.90 Å². The predicted molar refractivity (Wildman–Crippen MR) is 136 cm³/mol. The lowest BCUT2D eigenvalue weighted by molar-refractivity contribution is 0.103. The fourth-order valence-electron chi connectivity index (χ4n) is 7.41. The third kappa shape index (κ3) is 3.03. The van der Waals surface area contributed by atoms with Crippen molar-refractivity contribution in [3.8, 4) is 0 Å². The van der Waals surface area contributed by atoms with Crippen molar-refractivity contribution in [1.29, 1.82) is 0 Å². The molecule has 3 fully saturated rings. The van der Waals surface area contributed by atoms with Gasteiger partial charge in [-0.15, -0.1) is 0 Å². The molecule has 2 saturated carbocycles. The summed E-state index contributed by atoms with van der Waals surface area (Å²) in [6.07, 6.45) is 4.31. The zero-order valence-corrected chi connectivity index (χ0v) is 19.2. The molecule has 5 atom stereocenters.